The fourth-order valence-electron chi connectivity index (χ4n) is 2.55. The molecule has 1 aliphatic heterocycles. The Kier molecular flexibility index (Phi) is 4.22. The lowest BCUT2D eigenvalue weighted by molar-refractivity contribution is 0.275. The molecule has 0 spiro atoms. The molecule has 2 rings (SSSR count). The molecule has 1 saturated heterocycles. The van der Waals surface area contributed by atoms with Crippen molar-refractivity contribution in [3.05, 3.63) is 18.2 Å². The van der Waals surface area contributed by atoms with E-state index in [4.69, 9.17) is 5.73 Å². The standard InChI is InChI=1S/C13H22N4O2S/c1-10-9-16(3)6-7-17(10)13-8-11(4-5-12(13)14)20(18,19)15-2/h4-5,8,10,15H,6-7,9,14H2,1-3H3. The molecule has 0 aromatic heterocycles. The van der Waals surface area contributed by atoms with Gasteiger partial charge in [-0.05, 0) is 39.2 Å². The molecule has 1 unspecified atom stereocenters. The van der Waals surface area contributed by atoms with Crippen molar-refractivity contribution in [2.75, 3.05) is 44.4 Å². The van der Waals surface area contributed by atoms with Crippen LogP contribution in [0, 0.1) is 0 Å². The highest BCUT2D eigenvalue weighted by Gasteiger charge is 2.24. The van der Waals surface area contributed by atoms with E-state index in [1.807, 2.05) is 0 Å². The Morgan fingerprint density at radius 3 is 2.65 bits per heavy atom. The maximum Gasteiger partial charge on any atom is 0.240 e. The summed E-state index contributed by atoms with van der Waals surface area (Å²) in [6.07, 6.45) is 0. The zero-order chi connectivity index (χ0) is 14.9. The van der Waals surface area contributed by atoms with Crippen LogP contribution in [0.5, 0.6) is 0 Å². The van der Waals surface area contributed by atoms with Crippen molar-refractivity contribution in [2.24, 2.45) is 0 Å². The van der Waals surface area contributed by atoms with Gasteiger partial charge in [-0.25, -0.2) is 13.1 Å². The molecule has 0 radical (unpaired) electrons. The molecule has 7 heteroatoms. The molecule has 0 saturated carbocycles. The SMILES string of the molecule is CNS(=O)(=O)c1ccc(N)c(N2CCN(C)CC2C)c1. The molecule has 1 aromatic carbocycles. The number of hydrogen-bond acceptors (Lipinski definition) is 5. The van der Waals surface area contributed by atoms with Gasteiger partial charge in [0.25, 0.3) is 0 Å². The monoisotopic (exact) mass is 298 g/mol. The van der Waals surface area contributed by atoms with Crippen molar-refractivity contribution < 1.29 is 8.42 Å². The smallest absolute Gasteiger partial charge is 0.240 e. The fraction of sp³-hybridized carbons (Fsp3) is 0.538. The predicted octanol–water partition coefficient (Wildman–Crippen LogP) is 0.317. The van der Waals surface area contributed by atoms with Gasteiger partial charge < -0.3 is 15.5 Å². The predicted molar refractivity (Wildman–Crippen MR) is 81.4 cm³/mol. The molecular formula is C13H22N4O2S. The van der Waals surface area contributed by atoms with Gasteiger partial charge in [0.05, 0.1) is 16.3 Å². The summed E-state index contributed by atoms with van der Waals surface area (Å²) in [5, 5.41) is 0. The summed E-state index contributed by atoms with van der Waals surface area (Å²) in [6, 6.07) is 5.14. The van der Waals surface area contributed by atoms with Gasteiger partial charge in [-0.3, -0.25) is 0 Å². The van der Waals surface area contributed by atoms with Crippen LogP contribution in [0.4, 0.5) is 11.4 Å². The van der Waals surface area contributed by atoms with Gasteiger partial charge in [0.2, 0.25) is 10.0 Å². The number of nitrogens with zero attached hydrogens (tertiary/aromatic N) is 2. The first kappa shape index (κ1) is 15.1. The third-order valence-corrected chi connectivity index (χ3v) is 5.13. The fourth-order valence-corrected chi connectivity index (χ4v) is 3.30. The average molecular weight is 298 g/mol. The minimum atomic E-state index is -3.45. The number of likely N-dealkylation sites (N-methyl/N-ethyl adjacent to an activating group) is 1. The van der Waals surface area contributed by atoms with Gasteiger partial charge in [-0.2, -0.15) is 0 Å². The quantitative estimate of drug-likeness (QED) is 0.786. The minimum absolute atomic E-state index is 0.246. The normalized spacial score (nSPS) is 21.1. The van der Waals surface area contributed by atoms with Crippen LogP contribution in [0.15, 0.2) is 23.1 Å². The number of nitrogens with two attached hydrogens (primary N) is 1. The molecule has 0 aliphatic carbocycles. The third-order valence-electron chi connectivity index (χ3n) is 3.72. The Hall–Kier alpha value is -1.31. The number of sulfonamides is 1. The van der Waals surface area contributed by atoms with Gasteiger partial charge >= 0.3 is 0 Å². The molecule has 20 heavy (non-hydrogen) atoms. The number of nitrogens with one attached hydrogen (secondary N) is 1. The van der Waals surface area contributed by atoms with E-state index in [1.165, 1.54) is 13.1 Å². The number of nitrogen functional groups attached to an aromatic ring is 1. The summed E-state index contributed by atoms with van der Waals surface area (Å²) in [5.74, 6) is 0. The van der Waals surface area contributed by atoms with Crippen LogP contribution < -0.4 is 15.4 Å². The summed E-state index contributed by atoms with van der Waals surface area (Å²) in [7, 11) is 0.0420. The maximum atomic E-state index is 11.9. The lowest BCUT2D eigenvalue weighted by atomic mass is 10.1. The van der Waals surface area contributed by atoms with Crippen LogP contribution in [-0.4, -0.2) is 53.1 Å². The first-order valence-corrected chi connectivity index (χ1v) is 8.11. The van der Waals surface area contributed by atoms with E-state index in [-0.39, 0.29) is 4.90 Å². The molecule has 1 aromatic rings. The zero-order valence-electron chi connectivity index (χ0n) is 12.1. The van der Waals surface area contributed by atoms with Crippen LogP contribution in [0.3, 0.4) is 0 Å². The van der Waals surface area contributed by atoms with Gasteiger partial charge in [0, 0.05) is 25.7 Å². The van der Waals surface area contributed by atoms with Gasteiger partial charge in [-0.15, -0.1) is 0 Å². The summed E-state index contributed by atoms with van der Waals surface area (Å²) in [4.78, 5) is 4.67. The van der Waals surface area contributed by atoms with Crippen LogP contribution in [0.25, 0.3) is 0 Å². The van der Waals surface area contributed by atoms with Crippen molar-refractivity contribution >= 4 is 21.4 Å². The molecule has 1 fully saturated rings. The molecule has 6 nitrogen and oxygen atoms in total. The largest absolute Gasteiger partial charge is 0.397 e. The molecule has 1 heterocycles. The van der Waals surface area contributed by atoms with E-state index in [1.54, 1.807) is 12.1 Å². The Morgan fingerprint density at radius 1 is 1.35 bits per heavy atom. The van der Waals surface area contributed by atoms with Gasteiger partial charge in [0.15, 0.2) is 0 Å². The lowest BCUT2D eigenvalue weighted by Crippen LogP contribution is -2.50. The first-order chi connectivity index (χ1) is 9.35. The number of piperazine rings is 1. The lowest BCUT2D eigenvalue weighted by Gasteiger charge is -2.40. The van der Waals surface area contributed by atoms with Crippen molar-refractivity contribution in [3.8, 4) is 0 Å². The minimum Gasteiger partial charge on any atom is -0.397 e. The van der Waals surface area contributed by atoms with Crippen molar-refractivity contribution in [1.82, 2.24) is 9.62 Å². The second-order valence-electron chi connectivity index (χ2n) is 5.23. The van der Waals surface area contributed by atoms with Crippen molar-refractivity contribution in [1.29, 1.82) is 0 Å². The summed E-state index contributed by atoms with van der Waals surface area (Å²) in [6.45, 7) is 4.83. The topological polar surface area (TPSA) is 78.7 Å². The van der Waals surface area contributed by atoms with Gasteiger partial charge in [0.1, 0.15) is 0 Å². The van der Waals surface area contributed by atoms with E-state index in [0.717, 1.165) is 25.3 Å². The molecule has 1 aliphatic rings. The molecule has 0 bridgehead atoms. The van der Waals surface area contributed by atoms with Crippen LogP contribution in [-0.2, 0) is 10.0 Å². The number of hydrogen-bond donors (Lipinski definition) is 2. The van der Waals surface area contributed by atoms with Crippen molar-refractivity contribution in [2.45, 2.75) is 17.9 Å². The Labute approximate surface area is 120 Å². The Bertz CT molecular complexity index is 588. The van der Waals surface area contributed by atoms with E-state index in [0.29, 0.717) is 11.7 Å². The van der Waals surface area contributed by atoms with Crippen LogP contribution in [0.1, 0.15) is 6.92 Å². The highest BCUT2D eigenvalue weighted by Crippen LogP contribution is 2.29. The average Bonchev–Trinajstić information content (AvgIpc) is 2.40. The molecule has 0 amide bonds. The van der Waals surface area contributed by atoms with Crippen LogP contribution in [0.2, 0.25) is 0 Å². The highest BCUT2D eigenvalue weighted by molar-refractivity contribution is 7.89. The number of anilines is 2. The number of rotatable bonds is 3. The summed E-state index contributed by atoms with van der Waals surface area (Å²) < 4.78 is 26.1. The van der Waals surface area contributed by atoms with E-state index in [9.17, 15) is 8.42 Å². The summed E-state index contributed by atoms with van der Waals surface area (Å²) in [5.41, 5.74) is 7.43. The molecule has 112 valence electrons. The van der Waals surface area contributed by atoms with E-state index in [2.05, 4.69) is 28.5 Å². The maximum absolute atomic E-state index is 11.9. The van der Waals surface area contributed by atoms with Gasteiger partial charge in [-0.1, -0.05) is 0 Å². The Morgan fingerprint density at radius 2 is 2.05 bits per heavy atom. The molecular weight excluding hydrogens is 276 g/mol. The van der Waals surface area contributed by atoms with Crippen molar-refractivity contribution in [3.63, 3.8) is 0 Å². The second kappa shape index (κ2) is 5.59. The first-order valence-electron chi connectivity index (χ1n) is 6.63. The second-order valence-corrected chi connectivity index (χ2v) is 7.12. The van der Waals surface area contributed by atoms with E-state index < -0.39 is 10.0 Å². The van der Waals surface area contributed by atoms with E-state index >= 15 is 0 Å². The summed E-state index contributed by atoms with van der Waals surface area (Å²) >= 11 is 0. The Balaban J connectivity index is 2.39. The zero-order valence-corrected chi connectivity index (χ0v) is 12.9. The number of benzene rings is 1. The highest BCUT2D eigenvalue weighted by atomic mass is 32.2. The third kappa shape index (κ3) is 2.89. The van der Waals surface area contributed by atoms with Crippen LogP contribution >= 0.6 is 0 Å². The molecule has 3 N–H and O–H groups in total. The molecule has 1 atom stereocenters.